The van der Waals surface area contributed by atoms with Crippen molar-refractivity contribution in [3.63, 3.8) is 0 Å². The molecule has 170 valence electrons. The molecule has 0 bridgehead atoms. The molecule has 0 unspecified atom stereocenters. The van der Waals surface area contributed by atoms with Gasteiger partial charge in [-0.3, -0.25) is 0 Å². The predicted molar refractivity (Wildman–Crippen MR) is 131 cm³/mol. The standard InChI is InChI=1S/C28H58/c1-4-6-7-8-9-10-11-12-13-14-15-16-17-18-19-20-21-22-23-24-25-27-28(3)26-5-2/h28H,4-27H2,1-3H3/t28-/m1/s1. The first-order chi connectivity index (χ1) is 13.8. The first-order valence-electron chi connectivity index (χ1n) is 13.8. The van der Waals surface area contributed by atoms with E-state index in [-0.39, 0.29) is 0 Å². The molecule has 0 amide bonds. The zero-order valence-electron chi connectivity index (χ0n) is 20.5. The van der Waals surface area contributed by atoms with Crippen molar-refractivity contribution in [2.75, 3.05) is 0 Å². The fourth-order valence-electron chi connectivity index (χ4n) is 4.56. The van der Waals surface area contributed by atoms with Crippen LogP contribution in [-0.4, -0.2) is 0 Å². The smallest absolute Gasteiger partial charge is 0.0443 e. The summed E-state index contributed by atoms with van der Waals surface area (Å²) in [5, 5.41) is 0. The quantitative estimate of drug-likeness (QED) is 0.143. The van der Waals surface area contributed by atoms with Crippen molar-refractivity contribution in [3.8, 4) is 0 Å². The summed E-state index contributed by atoms with van der Waals surface area (Å²) in [6.45, 7) is 7.05. The largest absolute Gasteiger partial charge is 0.0654 e. The Labute approximate surface area is 181 Å². The highest BCUT2D eigenvalue weighted by Gasteiger charge is 2.00. The molecule has 0 radical (unpaired) electrons. The number of hydrogen-bond donors (Lipinski definition) is 0. The van der Waals surface area contributed by atoms with E-state index in [4.69, 9.17) is 0 Å². The predicted octanol–water partition coefficient (Wildman–Crippen LogP) is 11.0. The molecule has 0 aromatic carbocycles. The van der Waals surface area contributed by atoms with E-state index < -0.39 is 0 Å². The van der Waals surface area contributed by atoms with Crippen LogP contribution >= 0.6 is 0 Å². The Bertz CT molecular complexity index is 257. The summed E-state index contributed by atoms with van der Waals surface area (Å²) in [6, 6.07) is 0. The average molecular weight is 395 g/mol. The fraction of sp³-hybridized carbons (Fsp3) is 1.00. The van der Waals surface area contributed by atoms with Crippen molar-refractivity contribution in [1.82, 2.24) is 0 Å². The molecule has 0 saturated carbocycles. The van der Waals surface area contributed by atoms with Gasteiger partial charge < -0.3 is 0 Å². The van der Waals surface area contributed by atoms with Crippen molar-refractivity contribution < 1.29 is 0 Å². The molecule has 0 heterocycles. The summed E-state index contributed by atoms with van der Waals surface area (Å²) >= 11 is 0. The van der Waals surface area contributed by atoms with E-state index in [2.05, 4.69) is 20.8 Å². The summed E-state index contributed by atoms with van der Waals surface area (Å²) in [5.74, 6) is 0.963. The van der Waals surface area contributed by atoms with Crippen LogP contribution in [0.2, 0.25) is 0 Å². The molecule has 28 heavy (non-hydrogen) atoms. The topological polar surface area (TPSA) is 0 Å². The van der Waals surface area contributed by atoms with Gasteiger partial charge in [0.2, 0.25) is 0 Å². The third-order valence-electron chi connectivity index (χ3n) is 6.58. The lowest BCUT2D eigenvalue weighted by molar-refractivity contribution is 0.449. The molecule has 0 rings (SSSR count). The molecule has 1 atom stereocenters. The van der Waals surface area contributed by atoms with Gasteiger partial charge in [0.25, 0.3) is 0 Å². The molecular formula is C28H58. The number of unbranched alkanes of at least 4 members (excludes halogenated alkanes) is 20. The van der Waals surface area contributed by atoms with E-state index in [1.165, 1.54) is 154 Å². The maximum absolute atomic E-state index is 2.43. The third kappa shape index (κ3) is 24.0. The van der Waals surface area contributed by atoms with E-state index in [0.717, 1.165) is 5.92 Å². The second kappa shape index (κ2) is 25.0. The zero-order chi connectivity index (χ0) is 20.5. The average Bonchev–Trinajstić information content (AvgIpc) is 2.69. The summed E-state index contributed by atoms with van der Waals surface area (Å²) < 4.78 is 0. The molecule has 0 aliphatic heterocycles. The fourth-order valence-corrected chi connectivity index (χ4v) is 4.56. The molecule has 0 aromatic rings. The first kappa shape index (κ1) is 28.0. The Morgan fingerprint density at radius 3 is 0.893 bits per heavy atom. The van der Waals surface area contributed by atoms with Gasteiger partial charge >= 0.3 is 0 Å². The van der Waals surface area contributed by atoms with Crippen LogP contribution in [0.15, 0.2) is 0 Å². The van der Waals surface area contributed by atoms with Crippen LogP contribution in [0, 0.1) is 5.92 Å². The van der Waals surface area contributed by atoms with E-state index >= 15 is 0 Å². The lowest BCUT2D eigenvalue weighted by atomic mass is 9.98. The lowest BCUT2D eigenvalue weighted by Crippen LogP contribution is -1.93. The minimum absolute atomic E-state index is 0.963. The van der Waals surface area contributed by atoms with E-state index in [9.17, 15) is 0 Å². The molecule has 0 N–H and O–H groups in total. The summed E-state index contributed by atoms with van der Waals surface area (Å²) in [4.78, 5) is 0. The van der Waals surface area contributed by atoms with Crippen LogP contribution in [0.5, 0.6) is 0 Å². The van der Waals surface area contributed by atoms with Crippen molar-refractivity contribution >= 4 is 0 Å². The van der Waals surface area contributed by atoms with Gasteiger partial charge in [-0.1, -0.05) is 175 Å². The van der Waals surface area contributed by atoms with Gasteiger partial charge in [0, 0.05) is 0 Å². The Morgan fingerprint density at radius 2 is 0.607 bits per heavy atom. The maximum atomic E-state index is 2.43. The highest BCUT2D eigenvalue weighted by Crippen LogP contribution is 2.17. The van der Waals surface area contributed by atoms with Gasteiger partial charge in [-0.2, -0.15) is 0 Å². The lowest BCUT2D eigenvalue weighted by Gasteiger charge is -2.09. The maximum Gasteiger partial charge on any atom is -0.0443 e. The van der Waals surface area contributed by atoms with Crippen molar-refractivity contribution in [2.24, 2.45) is 5.92 Å². The van der Waals surface area contributed by atoms with E-state index in [1.807, 2.05) is 0 Å². The monoisotopic (exact) mass is 394 g/mol. The van der Waals surface area contributed by atoms with Gasteiger partial charge in [-0.05, 0) is 5.92 Å². The van der Waals surface area contributed by atoms with Crippen LogP contribution in [0.3, 0.4) is 0 Å². The summed E-state index contributed by atoms with van der Waals surface area (Å²) in [5.41, 5.74) is 0. The molecule has 0 saturated heterocycles. The van der Waals surface area contributed by atoms with E-state index in [1.54, 1.807) is 0 Å². The molecule has 0 aliphatic rings. The second-order valence-electron chi connectivity index (χ2n) is 9.75. The molecule has 0 spiro atoms. The second-order valence-corrected chi connectivity index (χ2v) is 9.75. The van der Waals surface area contributed by atoms with Crippen LogP contribution in [0.25, 0.3) is 0 Å². The van der Waals surface area contributed by atoms with Crippen molar-refractivity contribution in [2.45, 2.75) is 175 Å². The number of hydrogen-bond acceptors (Lipinski definition) is 0. The Balaban J connectivity index is 3.01. The van der Waals surface area contributed by atoms with E-state index in [0.29, 0.717) is 0 Å². The summed E-state index contributed by atoms with van der Waals surface area (Å²) in [7, 11) is 0. The molecule has 0 aromatic heterocycles. The van der Waals surface area contributed by atoms with Crippen molar-refractivity contribution in [3.05, 3.63) is 0 Å². The van der Waals surface area contributed by atoms with Gasteiger partial charge in [0.05, 0.1) is 0 Å². The molecule has 0 fully saturated rings. The van der Waals surface area contributed by atoms with Gasteiger partial charge in [0.15, 0.2) is 0 Å². The molecular weight excluding hydrogens is 336 g/mol. The Morgan fingerprint density at radius 1 is 0.321 bits per heavy atom. The molecule has 0 nitrogen and oxygen atoms in total. The molecule has 0 aliphatic carbocycles. The van der Waals surface area contributed by atoms with Gasteiger partial charge in [-0.15, -0.1) is 0 Å². The molecule has 0 heteroatoms. The van der Waals surface area contributed by atoms with Crippen LogP contribution in [-0.2, 0) is 0 Å². The van der Waals surface area contributed by atoms with Crippen LogP contribution in [0.4, 0.5) is 0 Å². The van der Waals surface area contributed by atoms with Crippen LogP contribution in [0.1, 0.15) is 175 Å². The normalized spacial score (nSPS) is 12.5. The minimum Gasteiger partial charge on any atom is -0.0654 e. The highest BCUT2D eigenvalue weighted by molar-refractivity contribution is 4.54. The Hall–Kier alpha value is 0. The highest BCUT2D eigenvalue weighted by atomic mass is 14.1. The summed E-state index contributed by atoms with van der Waals surface area (Å²) in [6.07, 6.45) is 35.3. The van der Waals surface area contributed by atoms with Gasteiger partial charge in [0.1, 0.15) is 0 Å². The SMILES string of the molecule is CCCCCCCCCCCCCCCCCCCCCCC[C@H](C)CCC. The Kier molecular flexibility index (Phi) is 25.0. The first-order valence-corrected chi connectivity index (χ1v) is 13.8. The van der Waals surface area contributed by atoms with Crippen molar-refractivity contribution in [1.29, 1.82) is 0 Å². The van der Waals surface area contributed by atoms with Gasteiger partial charge in [-0.25, -0.2) is 0 Å². The third-order valence-corrected chi connectivity index (χ3v) is 6.58. The minimum atomic E-state index is 0.963. The zero-order valence-corrected chi connectivity index (χ0v) is 20.5. The van der Waals surface area contributed by atoms with Crippen LogP contribution < -0.4 is 0 Å². The number of rotatable bonds is 24.